The average Bonchev–Trinajstić information content (AvgIpc) is 2.91. The number of carbonyl (C=O) groups excluding carboxylic acids is 1. The molecular weight excluding hydrogens is 362 g/mol. The molecule has 2 heterocycles. The number of carbonyl (C=O) groups is 1. The third-order valence-electron chi connectivity index (χ3n) is 5.40. The molecule has 0 spiro atoms. The zero-order valence-electron chi connectivity index (χ0n) is 16.2. The van der Waals surface area contributed by atoms with Gasteiger partial charge in [0.2, 0.25) is 15.9 Å². The van der Waals surface area contributed by atoms with Gasteiger partial charge < -0.3 is 10.6 Å². The van der Waals surface area contributed by atoms with Crippen molar-refractivity contribution in [1.82, 2.24) is 15.4 Å². The highest BCUT2D eigenvalue weighted by atomic mass is 32.2. The summed E-state index contributed by atoms with van der Waals surface area (Å²) in [4.78, 5) is 12.4. The van der Waals surface area contributed by atoms with Crippen molar-refractivity contribution in [3.8, 4) is 0 Å². The molecule has 2 atom stereocenters. The molecule has 2 fully saturated rings. The number of piperidine rings is 1. The topological polar surface area (TPSA) is 87.3 Å². The molecule has 0 radical (unpaired) electrons. The number of nitrogens with one attached hydrogen (secondary N) is 3. The van der Waals surface area contributed by atoms with Gasteiger partial charge in [0.25, 0.3) is 0 Å². The Bertz CT molecular complexity index is 751. The monoisotopic (exact) mass is 393 g/mol. The van der Waals surface area contributed by atoms with Gasteiger partial charge in [0.15, 0.2) is 0 Å². The highest BCUT2D eigenvalue weighted by molar-refractivity contribution is 7.88. The average molecular weight is 394 g/mol. The maximum atomic E-state index is 12.4. The van der Waals surface area contributed by atoms with E-state index in [0.717, 1.165) is 24.0 Å². The summed E-state index contributed by atoms with van der Waals surface area (Å²) in [6, 6.07) is 8.43. The maximum Gasteiger partial charge on any atom is 0.220 e. The molecule has 2 saturated heterocycles. The number of hydrogen-bond donors (Lipinski definition) is 3. The predicted octanol–water partition coefficient (Wildman–Crippen LogP) is 2.05. The van der Waals surface area contributed by atoms with E-state index in [0.29, 0.717) is 31.0 Å². The molecule has 150 valence electrons. The Morgan fingerprint density at radius 3 is 2.41 bits per heavy atom. The van der Waals surface area contributed by atoms with E-state index < -0.39 is 10.0 Å². The molecule has 3 N–H and O–H groups in total. The van der Waals surface area contributed by atoms with Gasteiger partial charge in [-0.1, -0.05) is 24.3 Å². The van der Waals surface area contributed by atoms with Gasteiger partial charge in [-0.05, 0) is 56.6 Å². The molecule has 7 heteroatoms. The molecule has 6 nitrogen and oxygen atoms in total. The number of rotatable bonds is 8. The van der Waals surface area contributed by atoms with Crippen LogP contribution in [0, 0.1) is 5.92 Å². The van der Waals surface area contributed by atoms with Gasteiger partial charge in [0, 0.05) is 31.1 Å². The van der Waals surface area contributed by atoms with Crippen LogP contribution < -0.4 is 15.4 Å². The quantitative estimate of drug-likeness (QED) is 0.631. The Labute approximate surface area is 162 Å². The SMILES string of the molecule is CC(C)NS(=O)(=O)Cc1ccccc1CNC(=O)CC1CC2CCC(C1)N2. The molecule has 2 aliphatic rings. The van der Waals surface area contributed by atoms with Gasteiger partial charge in [-0.15, -0.1) is 0 Å². The zero-order chi connectivity index (χ0) is 19.4. The Morgan fingerprint density at radius 1 is 1.15 bits per heavy atom. The fourth-order valence-electron chi connectivity index (χ4n) is 4.35. The summed E-state index contributed by atoms with van der Waals surface area (Å²) >= 11 is 0. The molecule has 0 saturated carbocycles. The van der Waals surface area contributed by atoms with Crippen LogP contribution in [-0.4, -0.2) is 32.5 Å². The summed E-state index contributed by atoms with van der Waals surface area (Å²) in [5, 5.41) is 6.59. The second kappa shape index (κ2) is 8.71. The first-order chi connectivity index (χ1) is 12.8. The summed E-state index contributed by atoms with van der Waals surface area (Å²) < 4.78 is 27.1. The van der Waals surface area contributed by atoms with E-state index in [9.17, 15) is 13.2 Å². The van der Waals surface area contributed by atoms with Crippen molar-refractivity contribution >= 4 is 15.9 Å². The van der Waals surface area contributed by atoms with Crippen LogP contribution in [0.15, 0.2) is 24.3 Å². The number of hydrogen-bond acceptors (Lipinski definition) is 4. The van der Waals surface area contributed by atoms with Crippen molar-refractivity contribution in [3.05, 3.63) is 35.4 Å². The number of fused-ring (bicyclic) bond motifs is 2. The van der Waals surface area contributed by atoms with Crippen LogP contribution in [0.3, 0.4) is 0 Å². The summed E-state index contributed by atoms with van der Waals surface area (Å²) in [5.41, 5.74) is 1.58. The van der Waals surface area contributed by atoms with Crippen LogP contribution in [0.5, 0.6) is 0 Å². The molecule has 2 bridgehead atoms. The van der Waals surface area contributed by atoms with E-state index in [1.165, 1.54) is 12.8 Å². The Morgan fingerprint density at radius 2 is 1.78 bits per heavy atom. The van der Waals surface area contributed by atoms with Gasteiger partial charge in [0.1, 0.15) is 0 Å². The first kappa shape index (κ1) is 20.3. The van der Waals surface area contributed by atoms with E-state index in [1.54, 1.807) is 13.8 Å². The van der Waals surface area contributed by atoms with Gasteiger partial charge in [-0.3, -0.25) is 4.79 Å². The fraction of sp³-hybridized carbons (Fsp3) is 0.650. The fourth-order valence-corrected chi connectivity index (χ4v) is 5.84. The Balaban J connectivity index is 1.54. The molecule has 3 rings (SSSR count). The summed E-state index contributed by atoms with van der Waals surface area (Å²) in [7, 11) is -3.39. The van der Waals surface area contributed by atoms with E-state index in [1.807, 2.05) is 24.3 Å². The zero-order valence-corrected chi connectivity index (χ0v) is 17.0. The third kappa shape index (κ3) is 6.02. The van der Waals surface area contributed by atoms with Gasteiger partial charge in [0.05, 0.1) is 5.75 Å². The Hall–Kier alpha value is -1.44. The molecule has 2 unspecified atom stereocenters. The molecule has 1 amide bonds. The van der Waals surface area contributed by atoms with Crippen molar-refractivity contribution in [2.45, 2.75) is 76.4 Å². The highest BCUT2D eigenvalue weighted by Gasteiger charge is 2.34. The molecule has 2 aliphatic heterocycles. The first-order valence-electron chi connectivity index (χ1n) is 9.90. The van der Waals surface area contributed by atoms with Crippen LogP contribution in [0.2, 0.25) is 0 Å². The van der Waals surface area contributed by atoms with Crippen molar-refractivity contribution < 1.29 is 13.2 Å². The second-order valence-electron chi connectivity index (χ2n) is 8.26. The largest absolute Gasteiger partial charge is 0.352 e. The van der Waals surface area contributed by atoms with Crippen molar-refractivity contribution in [2.24, 2.45) is 5.92 Å². The maximum absolute atomic E-state index is 12.4. The molecule has 1 aromatic rings. The lowest BCUT2D eigenvalue weighted by Gasteiger charge is -2.28. The van der Waals surface area contributed by atoms with Crippen molar-refractivity contribution in [3.63, 3.8) is 0 Å². The lowest BCUT2D eigenvalue weighted by molar-refractivity contribution is -0.122. The van der Waals surface area contributed by atoms with Crippen LogP contribution in [-0.2, 0) is 27.1 Å². The molecule has 1 aromatic carbocycles. The molecule has 27 heavy (non-hydrogen) atoms. The van der Waals surface area contributed by atoms with Gasteiger partial charge in [-0.25, -0.2) is 13.1 Å². The number of amides is 1. The standard InChI is InChI=1S/C20H31N3O3S/c1-14(2)23-27(25,26)13-17-6-4-3-5-16(17)12-21-20(24)11-15-9-18-7-8-19(10-15)22-18/h3-6,14-15,18-19,22-23H,7-13H2,1-2H3,(H,21,24). The first-order valence-corrected chi connectivity index (χ1v) is 11.6. The summed E-state index contributed by atoms with van der Waals surface area (Å²) in [6.07, 6.45) is 5.19. The van der Waals surface area contributed by atoms with Gasteiger partial charge in [-0.2, -0.15) is 0 Å². The second-order valence-corrected chi connectivity index (χ2v) is 10.0. The van der Waals surface area contributed by atoms with E-state index in [2.05, 4.69) is 15.4 Å². The summed E-state index contributed by atoms with van der Waals surface area (Å²) in [5.74, 6) is 0.434. The van der Waals surface area contributed by atoms with Crippen molar-refractivity contribution in [2.75, 3.05) is 0 Å². The van der Waals surface area contributed by atoms with E-state index in [-0.39, 0.29) is 17.7 Å². The van der Waals surface area contributed by atoms with E-state index >= 15 is 0 Å². The smallest absolute Gasteiger partial charge is 0.220 e. The minimum absolute atomic E-state index is 0.0549. The predicted molar refractivity (Wildman–Crippen MR) is 106 cm³/mol. The minimum Gasteiger partial charge on any atom is -0.352 e. The van der Waals surface area contributed by atoms with Crippen LogP contribution >= 0.6 is 0 Å². The number of benzene rings is 1. The third-order valence-corrected chi connectivity index (χ3v) is 6.92. The Kier molecular flexibility index (Phi) is 6.55. The number of sulfonamides is 1. The van der Waals surface area contributed by atoms with Crippen molar-refractivity contribution in [1.29, 1.82) is 0 Å². The lowest BCUT2D eigenvalue weighted by Crippen LogP contribution is -2.39. The minimum atomic E-state index is -3.39. The lowest BCUT2D eigenvalue weighted by atomic mass is 9.89. The molecule has 0 aliphatic carbocycles. The molecule has 0 aromatic heterocycles. The summed E-state index contributed by atoms with van der Waals surface area (Å²) in [6.45, 7) is 3.97. The van der Waals surface area contributed by atoms with Crippen LogP contribution in [0.25, 0.3) is 0 Å². The van der Waals surface area contributed by atoms with Crippen LogP contribution in [0.1, 0.15) is 57.1 Å². The van der Waals surface area contributed by atoms with Gasteiger partial charge >= 0.3 is 0 Å². The van der Waals surface area contributed by atoms with E-state index in [4.69, 9.17) is 0 Å². The normalized spacial score (nSPS) is 24.9. The van der Waals surface area contributed by atoms with Crippen LogP contribution in [0.4, 0.5) is 0 Å². The molecular formula is C20H31N3O3S. The highest BCUT2D eigenvalue weighted by Crippen LogP contribution is 2.32.